The van der Waals surface area contributed by atoms with Crippen LogP contribution in [0.1, 0.15) is 31.7 Å². The van der Waals surface area contributed by atoms with Crippen molar-refractivity contribution in [1.82, 2.24) is 0 Å². The van der Waals surface area contributed by atoms with Crippen molar-refractivity contribution < 1.29 is 5.11 Å². The van der Waals surface area contributed by atoms with Gasteiger partial charge in [-0.05, 0) is 37.0 Å². The Morgan fingerprint density at radius 3 is 2.43 bits per heavy atom. The molecule has 0 bridgehead atoms. The third-order valence-corrected chi connectivity index (χ3v) is 2.55. The van der Waals surface area contributed by atoms with Crippen LogP contribution in [0.25, 0.3) is 0 Å². The summed E-state index contributed by atoms with van der Waals surface area (Å²) in [7, 11) is 0. The van der Waals surface area contributed by atoms with E-state index in [1.165, 1.54) is 5.56 Å². The number of benzene rings is 1. The molecule has 0 aliphatic heterocycles. The lowest BCUT2D eigenvalue weighted by Gasteiger charge is -2.08. The van der Waals surface area contributed by atoms with Gasteiger partial charge in [0.2, 0.25) is 0 Å². The number of hydrogen-bond donors (Lipinski definition) is 1. The predicted octanol–water partition coefficient (Wildman–Crippen LogP) is 3.43. The Balaban J connectivity index is 2.34. The zero-order valence-corrected chi connectivity index (χ0v) is 9.30. The molecule has 0 aliphatic rings. The van der Waals surface area contributed by atoms with Gasteiger partial charge in [-0.25, -0.2) is 0 Å². The van der Waals surface area contributed by atoms with Crippen molar-refractivity contribution in [2.24, 2.45) is 0 Å². The van der Waals surface area contributed by atoms with E-state index in [0.717, 1.165) is 30.7 Å². The van der Waals surface area contributed by atoms with E-state index in [-0.39, 0.29) is 6.10 Å². The fourth-order valence-electron chi connectivity index (χ4n) is 1.46. The quantitative estimate of drug-likeness (QED) is 0.793. The highest BCUT2D eigenvalue weighted by molar-refractivity contribution is 6.30. The maximum absolute atomic E-state index is 9.54. The van der Waals surface area contributed by atoms with E-state index in [2.05, 4.69) is 6.92 Å². The smallest absolute Gasteiger partial charge is 0.0543 e. The highest BCUT2D eigenvalue weighted by Crippen LogP contribution is 2.12. The second kappa shape index (κ2) is 6.05. The van der Waals surface area contributed by atoms with Crippen LogP contribution in [0.2, 0.25) is 5.02 Å². The van der Waals surface area contributed by atoms with Crippen LogP contribution in [0.15, 0.2) is 24.3 Å². The van der Waals surface area contributed by atoms with E-state index >= 15 is 0 Å². The van der Waals surface area contributed by atoms with Crippen LogP contribution in [0.3, 0.4) is 0 Å². The number of aliphatic hydroxyl groups is 1. The Hall–Kier alpha value is -0.530. The fourth-order valence-corrected chi connectivity index (χ4v) is 1.59. The molecule has 0 heterocycles. The van der Waals surface area contributed by atoms with Gasteiger partial charge >= 0.3 is 0 Å². The molecule has 1 unspecified atom stereocenters. The highest BCUT2D eigenvalue weighted by atomic mass is 35.5. The van der Waals surface area contributed by atoms with Gasteiger partial charge in [0.05, 0.1) is 6.10 Å². The van der Waals surface area contributed by atoms with Gasteiger partial charge in [-0.2, -0.15) is 0 Å². The third kappa shape index (κ3) is 4.12. The molecule has 14 heavy (non-hydrogen) atoms. The van der Waals surface area contributed by atoms with Gasteiger partial charge in [0.25, 0.3) is 0 Å². The summed E-state index contributed by atoms with van der Waals surface area (Å²) in [4.78, 5) is 0. The minimum atomic E-state index is -0.157. The van der Waals surface area contributed by atoms with Crippen LogP contribution in [0, 0.1) is 0 Å². The van der Waals surface area contributed by atoms with E-state index in [0.29, 0.717) is 0 Å². The first-order valence-electron chi connectivity index (χ1n) is 5.15. The molecule has 1 atom stereocenters. The molecule has 1 aromatic rings. The summed E-state index contributed by atoms with van der Waals surface area (Å²) < 4.78 is 0. The second-order valence-electron chi connectivity index (χ2n) is 3.61. The van der Waals surface area contributed by atoms with E-state index in [9.17, 15) is 5.11 Å². The maximum atomic E-state index is 9.54. The number of hydrogen-bond acceptors (Lipinski definition) is 1. The van der Waals surface area contributed by atoms with Crippen molar-refractivity contribution in [1.29, 1.82) is 0 Å². The summed E-state index contributed by atoms with van der Waals surface area (Å²) in [5.41, 5.74) is 1.24. The van der Waals surface area contributed by atoms with Crippen molar-refractivity contribution in [2.45, 2.75) is 38.7 Å². The third-order valence-electron chi connectivity index (χ3n) is 2.30. The Labute approximate surface area is 90.7 Å². The predicted molar refractivity (Wildman–Crippen MR) is 60.7 cm³/mol. The van der Waals surface area contributed by atoms with Crippen molar-refractivity contribution in [2.75, 3.05) is 0 Å². The van der Waals surface area contributed by atoms with E-state index < -0.39 is 0 Å². The SMILES string of the molecule is CCCC(O)CCc1ccc(Cl)cc1. The summed E-state index contributed by atoms with van der Waals surface area (Å²) in [6.07, 6.45) is 3.55. The second-order valence-corrected chi connectivity index (χ2v) is 4.04. The van der Waals surface area contributed by atoms with Crippen LogP contribution < -0.4 is 0 Å². The largest absolute Gasteiger partial charge is 0.393 e. The first kappa shape index (κ1) is 11.5. The molecule has 0 radical (unpaired) electrons. The molecule has 1 rings (SSSR count). The molecule has 0 aliphatic carbocycles. The van der Waals surface area contributed by atoms with E-state index in [4.69, 9.17) is 11.6 Å². The molecule has 1 nitrogen and oxygen atoms in total. The normalized spacial score (nSPS) is 12.8. The number of rotatable bonds is 5. The molecule has 0 aromatic heterocycles. The van der Waals surface area contributed by atoms with Gasteiger partial charge in [-0.1, -0.05) is 37.1 Å². The summed E-state index contributed by atoms with van der Waals surface area (Å²) in [6, 6.07) is 7.81. The average Bonchev–Trinajstić information content (AvgIpc) is 2.17. The Morgan fingerprint density at radius 2 is 1.86 bits per heavy atom. The first-order chi connectivity index (χ1) is 6.72. The molecule has 78 valence electrons. The average molecular weight is 213 g/mol. The summed E-state index contributed by atoms with van der Waals surface area (Å²) in [5, 5.41) is 10.3. The molecular weight excluding hydrogens is 196 g/mol. The van der Waals surface area contributed by atoms with Gasteiger partial charge in [-0.3, -0.25) is 0 Å². The van der Waals surface area contributed by atoms with Crippen molar-refractivity contribution >= 4 is 11.6 Å². The van der Waals surface area contributed by atoms with Gasteiger partial charge < -0.3 is 5.11 Å². The van der Waals surface area contributed by atoms with Crippen LogP contribution >= 0.6 is 11.6 Å². The highest BCUT2D eigenvalue weighted by Gasteiger charge is 2.02. The monoisotopic (exact) mass is 212 g/mol. The fraction of sp³-hybridized carbons (Fsp3) is 0.500. The van der Waals surface area contributed by atoms with Crippen molar-refractivity contribution in [3.8, 4) is 0 Å². The summed E-state index contributed by atoms with van der Waals surface area (Å²) >= 11 is 5.77. The molecule has 2 heteroatoms. The van der Waals surface area contributed by atoms with Gasteiger partial charge in [0.1, 0.15) is 0 Å². The van der Waals surface area contributed by atoms with Crippen LogP contribution in [-0.2, 0) is 6.42 Å². The maximum Gasteiger partial charge on any atom is 0.0543 e. The minimum Gasteiger partial charge on any atom is -0.393 e. The zero-order valence-electron chi connectivity index (χ0n) is 8.54. The lowest BCUT2D eigenvalue weighted by molar-refractivity contribution is 0.154. The molecule has 1 aromatic carbocycles. The number of halogens is 1. The molecule has 0 saturated carbocycles. The lowest BCUT2D eigenvalue weighted by atomic mass is 10.0. The molecular formula is C12H17ClO. The number of aliphatic hydroxyl groups excluding tert-OH is 1. The molecule has 0 saturated heterocycles. The van der Waals surface area contributed by atoms with E-state index in [1.54, 1.807) is 0 Å². The van der Waals surface area contributed by atoms with Gasteiger partial charge in [-0.15, -0.1) is 0 Å². The topological polar surface area (TPSA) is 20.2 Å². The zero-order chi connectivity index (χ0) is 10.4. The first-order valence-corrected chi connectivity index (χ1v) is 5.52. The van der Waals surface area contributed by atoms with Crippen LogP contribution in [0.4, 0.5) is 0 Å². The standard InChI is InChI=1S/C12H17ClO/c1-2-3-12(14)9-6-10-4-7-11(13)8-5-10/h4-5,7-8,12,14H,2-3,6,9H2,1H3. The Morgan fingerprint density at radius 1 is 1.21 bits per heavy atom. The molecule has 0 fully saturated rings. The Kier molecular flexibility index (Phi) is 4.99. The van der Waals surface area contributed by atoms with Crippen molar-refractivity contribution in [3.63, 3.8) is 0 Å². The summed E-state index contributed by atoms with van der Waals surface area (Å²) in [6.45, 7) is 2.09. The lowest BCUT2D eigenvalue weighted by Crippen LogP contribution is -2.06. The van der Waals surface area contributed by atoms with Crippen molar-refractivity contribution in [3.05, 3.63) is 34.9 Å². The molecule has 0 spiro atoms. The van der Waals surface area contributed by atoms with Crippen LogP contribution in [0.5, 0.6) is 0 Å². The minimum absolute atomic E-state index is 0.157. The van der Waals surface area contributed by atoms with Gasteiger partial charge in [0, 0.05) is 5.02 Å². The van der Waals surface area contributed by atoms with Crippen LogP contribution in [-0.4, -0.2) is 11.2 Å². The summed E-state index contributed by atoms with van der Waals surface area (Å²) in [5.74, 6) is 0. The van der Waals surface area contributed by atoms with E-state index in [1.807, 2.05) is 24.3 Å². The van der Waals surface area contributed by atoms with Gasteiger partial charge in [0.15, 0.2) is 0 Å². The number of aryl methyl sites for hydroxylation is 1. The molecule has 1 N–H and O–H groups in total. The Bertz CT molecular complexity index is 256. The molecule has 0 amide bonds.